The van der Waals surface area contributed by atoms with Gasteiger partial charge in [-0.1, -0.05) is 0 Å². The Morgan fingerprint density at radius 1 is 1.20 bits per heavy atom. The Kier molecular flexibility index (Phi) is 2.85. The van der Waals surface area contributed by atoms with Crippen LogP contribution < -0.4 is 0 Å². The Bertz CT molecular complexity index is 491. The molecule has 2 aromatic rings. The van der Waals surface area contributed by atoms with Crippen molar-refractivity contribution >= 4 is 17.7 Å². The predicted octanol–water partition coefficient (Wildman–Crippen LogP) is 3.01. The molecule has 2 heteroatoms. The third kappa shape index (κ3) is 1.94. The van der Waals surface area contributed by atoms with Gasteiger partial charge in [-0.3, -0.25) is 0 Å². The third-order valence-corrected chi connectivity index (χ3v) is 2.86. The van der Waals surface area contributed by atoms with Gasteiger partial charge < -0.3 is 0 Å². The molecule has 0 saturated carbocycles. The van der Waals surface area contributed by atoms with Crippen molar-refractivity contribution in [1.82, 2.24) is 4.98 Å². The van der Waals surface area contributed by atoms with Crippen LogP contribution in [0.5, 0.6) is 0 Å². The van der Waals surface area contributed by atoms with E-state index in [0.29, 0.717) is 0 Å². The third-order valence-electron chi connectivity index (χ3n) is 2.86. The van der Waals surface area contributed by atoms with Crippen LogP contribution in [0.3, 0.4) is 0 Å². The number of aromatic nitrogens is 1. The molecule has 1 heterocycles. The summed E-state index contributed by atoms with van der Waals surface area (Å²) >= 11 is 0. The van der Waals surface area contributed by atoms with Gasteiger partial charge in [-0.05, 0) is 0 Å². The first-order valence-corrected chi connectivity index (χ1v) is 5.63. The van der Waals surface area contributed by atoms with Gasteiger partial charge in [-0.15, -0.1) is 0 Å². The maximum absolute atomic E-state index is 4.73. The number of hydrogen-bond acceptors (Lipinski definition) is 1. The summed E-state index contributed by atoms with van der Waals surface area (Å²) in [5, 5.41) is 1.26. The second kappa shape index (κ2) is 4.14. The average molecular weight is 197 g/mol. The van der Waals surface area contributed by atoms with Gasteiger partial charge in [0.1, 0.15) is 0 Å². The zero-order valence-corrected chi connectivity index (χ0v) is 9.67. The summed E-state index contributed by atoms with van der Waals surface area (Å²) in [6, 6.07) is 6.47. The van der Waals surface area contributed by atoms with Gasteiger partial charge in [0.15, 0.2) is 0 Å². The van der Waals surface area contributed by atoms with E-state index in [9.17, 15) is 0 Å². The zero-order valence-electron chi connectivity index (χ0n) is 9.67. The van der Waals surface area contributed by atoms with Crippen molar-refractivity contribution in [2.24, 2.45) is 0 Å². The van der Waals surface area contributed by atoms with Crippen LogP contribution in [0.25, 0.3) is 10.8 Å². The van der Waals surface area contributed by atoms with Gasteiger partial charge in [-0.25, -0.2) is 0 Å². The van der Waals surface area contributed by atoms with Gasteiger partial charge in [0.2, 0.25) is 0 Å². The quantitative estimate of drug-likeness (QED) is 0.721. The number of nitrogens with zero attached hydrogens (tertiary/aromatic N) is 1. The average Bonchev–Trinajstić information content (AvgIpc) is 2.27. The van der Waals surface area contributed by atoms with Crippen LogP contribution in [0, 0.1) is 6.92 Å². The molecule has 0 aliphatic heterocycles. The molecule has 15 heavy (non-hydrogen) atoms. The van der Waals surface area contributed by atoms with Gasteiger partial charge >= 0.3 is 91.2 Å². The van der Waals surface area contributed by atoms with Crippen LogP contribution in [-0.4, -0.2) is 11.9 Å². The molecule has 0 unspecified atom stereocenters. The maximum atomic E-state index is 4.73. The second-order valence-electron chi connectivity index (χ2n) is 4.00. The molecule has 2 rings (SSSR count). The first-order valence-electron chi connectivity index (χ1n) is 5.63. The molecular formula is C13H16BN. The molecule has 0 spiro atoms. The van der Waals surface area contributed by atoms with E-state index < -0.39 is 0 Å². The van der Waals surface area contributed by atoms with Gasteiger partial charge in [-0.2, -0.15) is 0 Å². The Hall–Kier alpha value is -1.18. The Labute approximate surface area is 91.8 Å². The van der Waals surface area contributed by atoms with Crippen molar-refractivity contribution in [2.45, 2.75) is 33.6 Å². The van der Waals surface area contributed by atoms with E-state index in [-0.39, 0.29) is 0 Å². The number of rotatable bonds is 2. The molecule has 0 aliphatic rings. The predicted molar refractivity (Wildman–Crippen MR) is 66.6 cm³/mol. The summed E-state index contributed by atoms with van der Waals surface area (Å²) in [4.78, 5) is 4.73. The summed E-state index contributed by atoms with van der Waals surface area (Å²) in [6.07, 6.45) is 2.09. The first kappa shape index (κ1) is 10.3. The van der Waals surface area contributed by atoms with Crippen molar-refractivity contribution in [3.05, 3.63) is 34.9 Å². The van der Waals surface area contributed by atoms with Crippen LogP contribution >= 0.6 is 0 Å². The minimum absolute atomic E-state index is 1.02. The molecule has 1 nitrogen and oxygen atoms in total. The van der Waals surface area contributed by atoms with Gasteiger partial charge in [0, 0.05) is 0 Å². The van der Waals surface area contributed by atoms with E-state index in [1.807, 2.05) is 0 Å². The Morgan fingerprint density at radius 3 is 2.67 bits per heavy atom. The SMILES string of the molecule is CCc1bc2ccc(C)cc2nc1CC. The number of aryl methyl sites for hydroxylation is 3. The van der Waals surface area contributed by atoms with E-state index in [1.165, 1.54) is 22.0 Å². The molecule has 0 N–H and O–H groups in total. The minimum atomic E-state index is 1.02. The van der Waals surface area contributed by atoms with Crippen LogP contribution in [0.2, 0.25) is 0 Å². The molecule has 0 amide bonds. The molecule has 76 valence electrons. The number of hydrogen-bond donors (Lipinski definition) is 0. The molecule has 0 fully saturated rings. The Balaban J connectivity index is 2.69. The van der Waals surface area contributed by atoms with Crippen LogP contribution in [-0.2, 0) is 12.8 Å². The normalized spacial score (nSPS) is 10.6. The van der Waals surface area contributed by atoms with Crippen molar-refractivity contribution in [2.75, 3.05) is 0 Å². The molecule has 0 bridgehead atoms. The van der Waals surface area contributed by atoms with E-state index in [2.05, 4.69) is 45.9 Å². The molecule has 0 radical (unpaired) electrons. The fourth-order valence-corrected chi connectivity index (χ4v) is 1.97. The standard InChI is InChI=1S/C13H16BN/c1-4-10-12(5-2)15-13-8-9(3)6-7-11(13)14-10/h6-8H,4-5H2,1-3H3. The zero-order chi connectivity index (χ0) is 10.8. The second-order valence-corrected chi connectivity index (χ2v) is 4.00. The number of fused-ring (bicyclic) bond motifs is 1. The van der Waals surface area contributed by atoms with Gasteiger partial charge in [0.05, 0.1) is 0 Å². The van der Waals surface area contributed by atoms with E-state index in [4.69, 9.17) is 4.98 Å². The first-order chi connectivity index (χ1) is 7.24. The molecule has 0 atom stereocenters. The molecule has 0 saturated heterocycles. The van der Waals surface area contributed by atoms with Crippen LogP contribution in [0.1, 0.15) is 30.6 Å². The van der Waals surface area contributed by atoms with Crippen LogP contribution in [0.4, 0.5) is 0 Å². The molecular weight excluding hydrogens is 181 g/mol. The summed E-state index contributed by atoms with van der Waals surface area (Å²) in [5.74, 6) is 0. The Morgan fingerprint density at radius 2 is 2.00 bits per heavy atom. The van der Waals surface area contributed by atoms with E-state index in [0.717, 1.165) is 18.4 Å². The van der Waals surface area contributed by atoms with Crippen LogP contribution in [0.15, 0.2) is 18.2 Å². The van der Waals surface area contributed by atoms with E-state index >= 15 is 0 Å². The summed E-state index contributed by atoms with van der Waals surface area (Å²) in [5.41, 5.74) is 5.04. The van der Waals surface area contributed by atoms with Gasteiger partial charge in [0.25, 0.3) is 0 Å². The molecule has 0 aliphatic carbocycles. The summed E-state index contributed by atoms with van der Waals surface area (Å²) in [6.45, 7) is 8.75. The van der Waals surface area contributed by atoms with Crippen molar-refractivity contribution in [3.63, 3.8) is 0 Å². The molecule has 1 aromatic carbocycles. The summed E-state index contributed by atoms with van der Waals surface area (Å²) < 4.78 is 0. The fraction of sp³-hybridized carbons (Fsp3) is 0.385. The van der Waals surface area contributed by atoms with Crippen molar-refractivity contribution < 1.29 is 0 Å². The topological polar surface area (TPSA) is 12.9 Å². The van der Waals surface area contributed by atoms with E-state index in [1.54, 1.807) is 0 Å². The fourth-order valence-electron chi connectivity index (χ4n) is 1.97. The monoisotopic (exact) mass is 197 g/mol. The van der Waals surface area contributed by atoms with Crippen molar-refractivity contribution in [1.29, 1.82) is 0 Å². The summed E-state index contributed by atoms with van der Waals surface area (Å²) in [7, 11) is 0. The molecule has 1 aromatic heterocycles. The van der Waals surface area contributed by atoms with Crippen molar-refractivity contribution in [3.8, 4) is 0 Å². The number of benzene rings is 1.